The van der Waals surface area contributed by atoms with Crippen molar-refractivity contribution in [3.05, 3.63) is 59.4 Å². The van der Waals surface area contributed by atoms with Crippen LogP contribution in [0.2, 0.25) is 0 Å². The number of hydrogen-bond acceptors (Lipinski definition) is 3. The summed E-state index contributed by atoms with van der Waals surface area (Å²) in [4.78, 5) is 11.2. The lowest BCUT2D eigenvalue weighted by Gasteiger charge is -2.18. The lowest BCUT2D eigenvalue weighted by molar-refractivity contribution is 0.0698. The largest absolute Gasteiger partial charge is 0.478 e. The fraction of sp³-hybridized carbons (Fsp3) is 0.133. The van der Waals surface area contributed by atoms with E-state index >= 15 is 0 Å². The number of hydrogen-bond donors (Lipinski definition) is 3. The molecule has 0 bridgehead atoms. The average Bonchev–Trinajstić information content (AvgIpc) is 2.38. The van der Waals surface area contributed by atoms with Crippen LogP contribution in [0.4, 0.5) is 15.8 Å². The summed E-state index contributed by atoms with van der Waals surface area (Å²) in [7, 11) is 0. The predicted molar refractivity (Wildman–Crippen MR) is 76.3 cm³/mol. The fourth-order valence-corrected chi connectivity index (χ4v) is 2.01. The molecule has 104 valence electrons. The number of carboxylic acids is 1. The lowest BCUT2D eigenvalue weighted by Crippen LogP contribution is -2.12. The van der Waals surface area contributed by atoms with E-state index in [1.807, 2.05) is 0 Å². The Bertz CT molecular complexity index is 644. The molecule has 0 saturated heterocycles. The summed E-state index contributed by atoms with van der Waals surface area (Å²) in [5, 5.41) is 12.1. The summed E-state index contributed by atoms with van der Waals surface area (Å²) in [6, 6.07) is 10.4. The second-order valence-corrected chi connectivity index (χ2v) is 4.50. The van der Waals surface area contributed by atoms with Gasteiger partial charge in [0.05, 0.1) is 17.3 Å². The topological polar surface area (TPSA) is 75.3 Å². The van der Waals surface area contributed by atoms with Gasteiger partial charge in [0.1, 0.15) is 5.82 Å². The molecule has 0 aliphatic heterocycles. The normalized spacial score (nSPS) is 11.9. The van der Waals surface area contributed by atoms with Crippen LogP contribution in [0, 0.1) is 5.82 Å². The molecule has 0 saturated carbocycles. The van der Waals surface area contributed by atoms with Crippen LogP contribution in [0.3, 0.4) is 0 Å². The molecular weight excluding hydrogens is 259 g/mol. The van der Waals surface area contributed by atoms with Crippen molar-refractivity contribution in [1.29, 1.82) is 0 Å². The molecule has 0 spiro atoms. The number of rotatable bonds is 4. The van der Waals surface area contributed by atoms with Gasteiger partial charge < -0.3 is 16.2 Å². The summed E-state index contributed by atoms with van der Waals surface area (Å²) < 4.78 is 13.7. The summed E-state index contributed by atoms with van der Waals surface area (Å²) in [6.45, 7) is 1.76. The number of halogens is 1. The van der Waals surface area contributed by atoms with Crippen LogP contribution in [0.15, 0.2) is 42.5 Å². The molecule has 0 fully saturated rings. The third-order valence-electron chi connectivity index (χ3n) is 3.02. The number of benzene rings is 2. The van der Waals surface area contributed by atoms with Crippen molar-refractivity contribution >= 4 is 17.3 Å². The van der Waals surface area contributed by atoms with Gasteiger partial charge in [0.2, 0.25) is 0 Å². The minimum atomic E-state index is -1.06. The van der Waals surface area contributed by atoms with E-state index in [1.54, 1.807) is 25.1 Å². The van der Waals surface area contributed by atoms with Crippen LogP contribution in [0.25, 0.3) is 0 Å². The Morgan fingerprint density at radius 1 is 1.30 bits per heavy atom. The van der Waals surface area contributed by atoms with Gasteiger partial charge in [0.15, 0.2) is 0 Å². The monoisotopic (exact) mass is 274 g/mol. The number of nitrogen functional groups attached to an aromatic ring is 1. The summed E-state index contributed by atoms with van der Waals surface area (Å²) in [6.07, 6.45) is 0. The maximum Gasteiger partial charge on any atom is 0.337 e. The van der Waals surface area contributed by atoms with Gasteiger partial charge >= 0.3 is 5.97 Å². The van der Waals surface area contributed by atoms with Crippen LogP contribution in [0.1, 0.15) is 28.9 Å². The first-order chi connectivity index (χ1) is 9.49. The van der Waals surface area contributed by atoms with E-state index in [0.717, 1.165) is 0 Å². The Labute approximate surface area is 116 Å². The van der Waals surface area contributed by atoms with Gasteiger partial charge in [0, 0.05) is 11.3 Å². The molecule has 2 aromatic rings. The molecular formula is C15H15FN2O2. The second-order valence-electron chi connectivity index (χ2n) is 4.50. The van der Waals surface area contributed by atoms with Gasteiger partial charge in [-0.05, 0) is 31.2 Å². The third-order valence-corrected chi connectivity index (χ3v) is 3.02. The Morgan fingerprint density at radius 3 is 2.65 bits per heavy atom. The third kappa shape index (κ3) is 2.88. The molecule has 0 heterocycles. The highest BCUT2D eigenvalue weighted by atomic mass is 19.1. The summed E-state index contributed by atoms with van der Waals surface area (Å²) in [5.41, 5.74) is 7.04. The van der Waals surface area contributed by atoms with Gasteiger partial charge in [-0.25, -0.2) is 9.18 Å². The quantitative estimate of drug-likeness (QED) is 0.748. The van der Waals surface area contributed by atoms with Crippen molar-refractivity contribution in [3.63, 3.8) is 0 Å². The van der Waals surface area contributed by atoms with Crippen molar-refractivity contribution in [1.82, 2.24) is 0 Å². The Kier molecular flexibility index (Phi) is 3.89. The molecule has 1 unspecified atom stereocenters. The van der Waals surface area contributed by atoms with Crippen LogP contribution >= 0.6 is 0 Å². The Balaban J connectivity index is 2.32. The maximum atomic E-state index is 13.7. The van der Waals surface area contributed by atoms with E-state index in [1.165, 1.54) is 24.3 Å². The summed E-state index contributed by atoms with van der Waals surface area (Å²) in [5.74, 6) is -1.40. The van der Waals surface area contributed by atoms with Gasteiger partial charge in [-0.2, -0.15) is 0 Å². The van der Waals surface area contributed by atoms with E-state index in [4.69, 9.17) is 10.8 Å². The molecule has 0 aromatic heterocycles. The molecule has 20 heavy (non-hydrogen) atoms. The molecule has 2 aromatic carbocycles. The molecule has 4 nitrogen and oxygen atoms in total. The van der Waals surface area contributed by atoms with E-state index in [-0.39, 0.29) is 17.4 Å². The zero-order valence-corrected chi connectivity index (χ0v) is 10.9. The number of nitrogens with two attached hydrogens (primary N) is 1. The minimum absolute atomic E-state index is 0.0994. The highest BCUT2D eigenvalue weighted by Gasteiger charge is 2.15. The van der Waals surface area contributed by atoms with Crippen LogP contribution in [0.5, 0.6) is 0 Å². The first-order valence-corrected chi connectivity index (χ1v) is 6.13. The van der Waals surface area contributed by atoms with Gasteiger partial charge in [-0.3, -0.25) is 0 Å². The maximum absolute atomic E-state index is 13.7. The first kappa shape index (κ1) is 13.9. The highest BCUT2D eigenvalue weighted by molar-refractivity contribution is 5.95. The van der Waals surface area contributed by atoms with Crippen molar-refractivity contribution < 1.29 is 14.3 Å². The SMILES string of the molecule is CC(Nc1cc(N)ccc1C(=O)O)c1ccccc1F. The Morgan fingerprint density at radius 2 is 2.00 bits per heavy atom. The molecule has 0 aliphatic carbocycles. The standard InChI is InChI=1S/C15H15FN2O2/c1-9(11-4-2-3-5-13(11)16)18-14-8-10(17)6-7-12(14)15(19)20/h2-9,18H,17H2,1H3,(H,19,20). The zero-order chi connectivity index (χ0) is 14.7. The minimum Gasteiger partial charge on any atom is -0.478 e. The average molecular weight is 274 g/mol. The zero-order valence-electron chi connectivity index (χ0n) is 10.9. The predicted octanol–water partition coefficient (Wildman–Crippen LogP) is 3.28. The molecule has 1 atom stereocenters. The molecule has 0 amide bonds. The van der Waals surface area contributed by atoms with E-state index in [2.05, 4.69) is 5.32 Å². The fourth-order valence-electron chi connectivity index (χ4n) is 2.01. The van der Waals surface area contributed by atoms with Crippen molar-refractivity contribution in [2.24, 2.45) is 0 Å². The van der Waals surface area contributed by atoms with Crippen molar-refractivity contribution in [2.75, 3.05) is 11.1 Å². The summed E-state index contributed by atoms with van der Waals surface area (Å²) >= 11 is 0. The lowest BCUT2D eigenvalue weighted by atomic mass is 10.1. The Hall–Kier alpha value is -2.56. The van der Waals surface area contributed by atoms with Crippen molar-refractivity contribution in [2.45, 2.75) is 13.0 Å². The molecule has 4 N–H and O–H groups in total. The highest BCUT2D eigenvalue weighted by Crippen LogP contribution is 2.26. The van der Waals surface area contributed by atoms with Crippen molar-refractivity contribution in [3.8, 4) is 0 Å². The molecule has 0 aliphatic rings. The number of nitrogens with one attached hydrogen (secondary N) is 1. The van der Waals surface area contributed by atoms with Gasteiger partial charge in [-0.1, -0.05) is 18.2 Å². The number of carboxylic acid groups (broad SMARTS) is 1. The first-order valence-electron chi connectivity index (χ1n) is 6.13. The van der Waals surface area contributed by atoms with E-state index in [0.29, 0.717) is 16.9 Å². The van der Waals surface area contributed by atoms with Crippen LogP contribution in [-0.2, 0) is 0 Å². The number of carbonyl (C=O) groups is 1. The van der Waals surface area contributed by atoms with Gasteiger partial charge in [-0.15, -0.1) is 0 Å². The molecule has 2 rings (SSSR count). The molecule has 5 heteroatoms. The van der Waals surface area contributed by atoms with Gasteiger partial charge in [0.25, 0.3) is 0 Å². The van der Waals surface area contributed by atoms with E-state index in [9.17, 15) is 9.18 Å². The molecule has 0 radical (unpaired) electrons. The van der Waals surface area contributed by atoms with Crippen LogP contribution in [-0.4, -0.2) is 11.1 Å². The smallest absolute Gasteiger partial charge is 0.337 e. The number of anilines is 2. The number of aromatic carboxylic acids is 1. The van der Waals surface area contributed by atoms with E-state index < -0.39 is 5.97 Å². The van der Waals surface area contributed by atoms with Crippen LogP contribution < -0.4 is 11.1 Å². The second kappa shape index (κ2) is 5.61.